The number of hydrogen-bond acceptors (Lipinski definition) is 4. The lowest BCUT2D eigenvalue weighted by atomic mass is 10.2. The predicted molar refractivity (Wildman–Crippen MR) is 54.2 cm³/mol. The summed E-state index contributed by atoms with van der Waals surface area (Å²) in [5, 5.41) is 8.46. The van der Waals surface area contributed by atoms with Gasteiger partial charge in [0, 0.05) is 13.3 Å². The van der Waals surface area contributed by atoms with Crippen molar-refractivity contribution in [3.8, 4) is 0 Å². The van der Waals surface area contributed by atoms with Crippen LogP contribution in [0.4, 0.5) is 0 Å². The lowest BCUT2D eigenvalue weighted by Gasteiger charge is -2.26. The molecule has 0 rings (SSSR count). The van der Waals surface area contributed by atoms with E-state index >= 15 is 0 Å². The number of nitrogens with zero attached hydrogens (tertiary/aromatic N) is 1. The van der Waals surface area contributed by atoms with Crippen molar-refractivity contribution in [1.82, 2.24) is 4.90 Å². The Morgan fingerprint density at radius 3 is 2.00 bits per heavy atom. The van der Waals surface area contributed by atoms with Gasteiger partial charge < -0.3 is 10.0 Å². The molecule has 0 aromatic heterocycles. The maximum absolute atomic E-state index is 11.6. The van der Waals surface area contributed by atoms with E-state index in [-0.39, 0.29) is 0 Å². The average Bonchev–Trinajstić information content (AvgIpc) is 1.99. The first kappa shape index (κ1) is 13.9. The van der Waals surface area contributed by atoms with Crippen LogP contribution in [0.15, 0.2) is 0 Å². The summed E-state index contributed by atoms with van der Waals surface area (Å²) in [6.07, 6.45) is 0.944. The summed E-state index contributed by atoms with van der Waals surface area (Å²) < 4.78 is 21.0. The largest absolute Gasteiger partial charge is 0.480 e. The number of likely N-dealkylation sites (N-methyl/N-ethyl adjacent to an activating group) is 1. The van der Waals surface area contributed by atoms with E-state index in [1.165, 1.54) is 20.9 Å². The van der Waals surface area contributed by atoms with Gasteiger partial charge in [-0.2, -0.15) is 0 Å². The third kappa shape index (κ3) is 3.19. The fraction of sp³-hybridized carbons (Fsp3) is 0.750. The molecule has 0 aliphatic heterocycles. The number of carbonyl (C=O) groups excluding carboxylic acids is 1. The summed E-state index contributed by atoms with van der Waals surface area (Å²) in [6.45, 7) is 1.99. The van der Waals surface area contributed by atoms with Crippen LogP contribution in [0, 0.1) is 0 Å². The Balaban J connectivity index is 4.94. The third-order valence-corrected chi connectivity index (χ3v) is 4.19. The molecule has 0 saturated carbocycles. The molecule has 0 spiro atoms. The summed E-state index contributed by atoms with van der Waals surface area (Å²) in [7, 11) is -2.31. The maximum Gasteiger partial charge on any atom is 0.323 e. The molecule has 88 valence electrons. The van der Waals surface area contributed by atoms with E-state index in [9.17, 15) is 18.0 Å². The first-order chi connectivity index (χ1) is 6.50. The molecule has 6 nitrogen and oxygen atoms in total. The predicted octanol–water partition coefficient (Wildman–Crippen LogP) is -0.647. The van der Waals surface area contributed by atoms with Gasteiger partial charge in [0.25, 0.3) is 0 Å². The zero-order valence-electron chi connectivity index (χ0n) is 9.14. The number of carbonyl (C=O) groups is 2. The van der Waals surface area contributed by atoms with Gasteiger partial charge in [-0.05, 0) is 13.8 Å². The minimum absolute atomic E-state index is 0.516. The molecule has 7 heteroatoms. The highest BCUT2D eigenvalue weighted by Crippen LogP contribution is 2.17. The van der Waals surface area contributed by atoms with Crippen LogP contribution in [0.25, 0.3) is 0 Å². The van der Waals surface area contributed by atoms with Crippen molar-refractivity contribution in [2.75, 3.05) is 19.8 Å². The second kappa shape index (κ2) is 4.18. The summed E-state index contributed by atoms with van der Waals surface area (Å²) in [6, 6.07) is 0. The van der Waals surface area contributed by atoms with E-state index in [0.29, 0.717) is 0 Å². The number of rotatable bonds is 4. The van der Waals surface area contributed by atoms with Gasteiger partial charge in [-0.1, -0.05) is 0 Å². The smallest absolute Gasteiger partial charge is 0.323 e. The molecule has 1 amide bonds. The lowest BCUT2D eigenvalue weighted by molar-refractivity contribution is -0.144. The normalized spacial score (nSPS) is 12.3. The van der Waals surface area contributed by atoms with Crippen molar-refractivity contribution in [3.05, 3.63) is 0 Å². The molecule has 0 aliphatic rings. The Bertz CT molecular complexity index is 370. The van der Waals surface area contributed by atoms with Crippen LogP contribution in [0.5, 0.6) is 0 Å². The van der Waals surface area contributed by atoms with Crippen LogP contribution in [0.3, 0.4) is 0 Å². The minimum atomic E-state index is -3.57. The van der Waals surface area contributed by atoms with Crippen LogP contribution in [0.2, 0.25) is 0 Å². The molecule has 0 unspecified atom stereocenters. The molecule has 0 radical (unpaired) electrons. The Morgan fingerprint density at radius 2 is 1.73 bits per heavy atom. The van der Waals surface area contributed by atoms with Crippen molar-refractivity contribution >= 4 is 21.7 Å². The van der Waals surface area contributed by atoms with Crippen molar-refractivity contribution in [1.29, 1.82) is 0 Å². The highest BCUT2D eigenvalue weighted by atomic mass is 32.2. The topological polar surface area (TPSA) is 91.8 Å². The average molecular weight is 237 g/mol. The van der Waals surface area contributed by atoms with E-state index in [2.05, 4.69) is 0 Å². The summed E-state index contributed by atoms with van der Waals surface area (Å²) in [4.78, 5) is 22.9. The standard InChI is InChI=1S/C8H15NO5S/c1-8(2,15(4,13)14)7(12)9(3)5-6(10)11/h5H2,1-4H3,(H,10,11). The number of aliphatic carboxylic acids is 1. The molecular formula is C8H15NO5S. The molecule has 15 heavy (non-hydrogen) atoms. The van der Waals surface area contributed by atoms with E-state index in [0.717, 1.165) is 11.2 Å². The summed E-state index contributed by atoms with van der Waals surface area (Å²) in [5.41, 5.74) is 0. The van der Waals surface area contributed by atoms with E-state index in [1.54, 1.807) is 0 Å². The van der Waals surface area contributed by atoms with E-state index < -0.39 is 33.0 Å². The fourth-order valence-electron chi connectivity index (χ4n) is 0.893. The Labute approximate surface area is 88.8 Å². The fourth-order valence-corrected chi connectivity index (χ4v) is 1.37. The molecule has 0 fully saturated rings. The maximum atomic E-state index is 11.6. The SMILES string of the molecule is CN(CC(=O)O)C(=O)C(C)(C)S(C)(=O)=O. The Kier molecular flexibility index (Phi) is 3.87. The first-order valence-corrected chi connectivity index (χ1v) is 6.06. The Hall–Kier alpha value is -1.11. The molecule has 0 heterocycles. The molecule has 0 saturated heterocycles. The van der Waals surface area contributed by atoms with Crippen LogP contribution < -0.4 is 0 Å². The number of sulfone groups is 1. The zero-order valence-corrected chi connectivity index (χ0v) is 9.96. The summed E-state index contributed by atoms with van der Waals surface area (Å²) in [5.74, 6) is -1.91. The van der Waals surface area contributed by atoms with Crippen LogP contribution >= 0.6 is 0 Å². The van der Waals surface area contributed by atoms with Gasteiger partial charge in [-0.25, -0.2) is 8.42 Å². The highest BCUT2D eigenvalue weighted by molar-refractivity contribution is 7.92. The van der Waals surface area contributed by atoms with Gasteiger partial charge in [-0.15, -0.1) is 0 Å². The van der Waals surface area contributed by atoms with Crippen molar-refractivity contribution in [3.63, 3.8) is 0 Å². The number of hydrogen-bond donors (Lipinski definition) is 1. The van der Waals surface area contributed by atoms with Gasteiger partial charge >= 0.3 is 5.97 Å². The van der Waals surface area contributed by atoms with Crippen molar-refractivity contribution < 1.29 is 23.1 Å². The molecule has 0 aliphatic carbocycles. The highest BCUT2D eigenvalue weighted by Gasteiger charge is 2.40. The van der Waals surface area contributed by atoms with Gasteiger partial charge in [0.1, 0.15) is 11.3 Å². The lowest BCUT2D eigenvalue weighted by Crippen LogP contribution is -2.49. The van der Waals surface area contributed by atoms with Gasteiger partial charge in [0.2, 0.25) is 5.91 Å². The van der Waals surface area contributed by atoms with Gasteiger partial charge in [0.05, 0.1) is 0 Å². The molecule has 0 bridgehead atoms. The second-order valence-corrected chi connectivity index (χ2v) is 6.40. The van der Waals surface area contributed by atoms with Crippen molar-refractivity contribution in [2.24, 2.45) is 0 Å². The summed E-state index contributed by atoms with van der Waals surface area (Å²) >= 11 is 0. The zero-order chi connectivity index (χ0) is 12.4. The molecular weight excluding hydrogens is 222 g/mol. The van der Waals surface area contributed by atoms with Crippen molar-refractivity contribution in [2.45, 2.75) is 18.6 Å². The number of amides is 1. The first-order valence-electron chi connectivity index (χ1n) is 4.17. The van der Waals surface area contributed by atoms with Crippen LogP contribution in [-0.2, 0) is 19.4 Å². The molecule has 0 aromatic carbocycles. The molecule has 0 atom stereocenters. The van der Waals surface area contributed by atoms with Crippen LogP contribution in [-0.4, -0.2) is 54.9 Å². The van der Waals surface area contributed by atoms with Gasteiger partial charge in [-0.3, -0.25) is 9.59 Å². The van der Waals surface area contributed by atoms with Crippen LogP contribution in [0.1, 0.15) is 13.8 Å². The van der Waals surface area contributed by atoms with Gasteiger partial charge in [0.15, 0.2) is 9.84 Å². The van der Waals surface area contributed by atoms with E-state index in [4.69, 9.17) is 5.11 Å². The quantitative estimate of drug-likeness (QED) is 0.701. The third-order valence-electron chi connectivity index (χ3n) is 2.16. The second-order valence-electron chi connectivity index (χ2n) is 3.84. The molecule has 1 N–H and O–H groups in total. The minimum Gasteiger partial charge on any atom is -0.480 e. The Morgan fingerprint density at radius 1 is 1.33 bits per heavy atom. The number of carboxylic acid groups (broad SMARTS) is 1. The molecule has 0 aromatic rings. The number of carboxylic acids is 1. The van der Waals surface area contributed by atoms with E-state index in [1.807, 2.05) is 0 Å². The monoisotopic (exact) mass is 237 g/mol.